The zero-order chi connectivity index (χ0) is 70.4. The fourth-order valence-corrected chi connectivity index (χ4v) is 22.6. The summed E-state index contributed by atoms with van der Waals surface area (Å²) in [5, 5.41) is 0. The summed E-state index contributed by atoms with van der Waals surface area (Å²) in [7, 11) is 0. The van der Waals surface area contributed by atoms with Crippen molar-refractivity contribution < 1.29 is 114 Å². The van der Waals surface area contributed by atoms with E-state index in [1.54, 1.807) is 13.8 Å². The van der Waals surface area contributed by atoms with E-state index in [4.69, 9.17) is 66.3 Å². The van der Waals surface area contributed by atoms with Crippen LogP contribution in [0.5, 0.6) is 0 Å². The Labute approximate surface area is 586 Å². The summed E-state index contributed by atoms with van der Waals surface area (Å²) in [5.74, 6) is 3.87. The van der Waals surface area contributed by atoms with Crippen LogP contribution in [-0.2, 0) is 114 Å². The summed E-state index contributed by atoms with van der Waals surface area (Å²) >= 11 is 0. The van der Waals surface area contributed by atoms with Crippen molar-refractivity contribution in [1.29, 1.82) is 0 Å². The number of esters is 10. The van der Waals surface area contributed by atoms with Crippen molar-refractivity contribution in [3.63, 3.8) is 0 Å². The molecular formula is C76H108O24. The van der Waals surface area contributed by atoms with E-state index in [1.165, 1.54) is 20.3 Å². The minimum absolute atomic E-state index is 0.00692. The molecule has 100 heavy (non-hydrogen) atoms. The van der Waals surface area contributed by atoms with E-state index in [0.29, 0.717) is 85.4 Å². The maximum Gasteiger partial charge on any atom is 0.309 e. The normalized spacial score (nSPS) is 43.9. The first-order valence-electron chi connectivity index (χ1n) is 38.4. The second-order valence-corrected chi connectivity index (χ2v) is 33.2. The number of hydrogen-bond acceptors (Lipinski definition) is 24. The van der Waals surface area contributed by atoms with Crippen LogP contribution in [0.2, 0.25) is 0 Å². The highest BCUT2D eigenvalue weighted by molar-refractivity contribution is 5.77. The first kappa shape index (κ1) is 72.9. The molecule has 0 aromatic carbocycles. The zero-order valence-electron chi connectivity index (χ0n) is 59.5. The highest BCUT2D eigenvalue weighted by Gasteiger charge is 2.59. The van der Waals surface area contributed by atoms with Crippen molar-refractivity contribution in [3.05, 3.63) is 0 Å². The van der Waals surface area contributed by atoms with Gasteiger partial charge in [-0.25, -0.2) is 0 Å². The first-order chi connectivity index (χ1) is 47.9. The van der Waals surface area contributed by atoms with Crippen LogP contribution in [-0.4, -0.2) is 158 Å². The van der Waals surface area contributed by atoms with Gasteiger partial charge in [-0.2, -0.15) is 0 Å². The highest BCUT2D eigenvalue weighted by Crippen LogP contribution is 2.56. The van der Waals surface area contributed by atoms with Gasteiger partial charge in [0.15, 0.2) is 13.6 Å². The fraction of sp³-hybridized carbons (Fsp3) is 0.868. The van der Waals surface area contributed by atoms with Gasteiger partial charge in [-0.1, -0.05) is 13.8 Å². The Bertz CT molecular complexity index is 3040. The van der Waals surface area contributed by atoms with Gasteiger partial charge in [0.1, 0.15) is 54.4 Å². The Morgan fingerprint density at radius 1 is 0.350 bits per heavy atom. The fourth-order valence-electron chi connectivity index (χ4n) is 22.6. The second-order valence-electron chi connectivity index (χ2n) is 33.2. The van der Waals surface area contributed by atoms with E-state index in [2.05, 4.69) is 0 Å². The molecule has 0 N–H and O–H groups in total. The van der Waals surface area contributed by atoms with E-state index in [1.807, 2.05) is 13.8 Å². The van der Waals surface area contributed by atoms with Gasteiger partial charge in [0.05, 0.1) is 52.8 Å². The van der Waals surface area contributed by atoms with Crippen LogP contribution in [0, 0.1) is 88.8 Å². The Morgan fingerprint density at radius 2 is 0.720 bits per heavy atom. The molecule has 12 aliphatic heterocycles. The predicted octanol–water partition coefficient (Wildman–Crippen LogP) is 9.79. The van der Waals surface area contributed by atoms with Gasteiger partial charge in [-0.15, -0.1) is 0 Å². The standard InChI is InChI=1S/2C14H20O5.2C12H16O4.2C12H18O3/c1-2-12(15)17-8-18-14-5-9-3-10(6-14)13(16)19-11(4-9)7-14;1-2-12(15)17-7-18-13-9-3-8-4-10(6-9)14(16)19-11(13)5-8;1-7(13)16-12-4-8-2-9(5-12)11(14)15-10(3-8)6-12;1-6(13)15-11-8-2-7-3-9(5-8)12(14)16-10(11)4-7;1-2-14-12-5-8-3-9(6-12)11(13)15-10(4-8)7-12;1-2-14-11-8-3-7-4-9(6-8)12(13)15-10(11)5-7/h9-11H,2-8H2,1H3;8-11,13H,2-7H2,1H3;8-10H,2-6H2,1H3;7-11H,2-5H2,1H3;8-10H,2-7H2,1H3;7-11H,2-6H2,1H3. The molecule has 0 radical (unpaired) electrons. The summed E-state index contributed by atoms with van der Waals surface area (Å²) in [6.45, 7) is 11.9. The van der Waals surface area contributed by atoms with Crippen LogP contribution in [0.4, 0.5) is 0 Å². The molecule has 24 aliphatic rings. The molecule has 24 rings (SSSR count). The van der Waals surface area contributed by atoms with Gasteiger partial charge >= 0.3 is 59.7 Å². The average Bonchev–Trinajstić information content (AvgIpc) is 1.55. The molecule has 12 saturated heterocycles. The molecule has 0 aromatic rings. The molecule has 24 fully saturated rings. The number of carbonyl (C=O) groups excluding carboxylic acids is 10. The van der Waals surface area contributed by atoms with E-state index in [0.717, 1.165) is 161 Å². The monoisotopic (exact) mass is 1400 g/mol. The van der Waals surface area contributed by atoms with Crippen molar-refractivity contribution >= 4 is 59.7 Å². The number of rotatable bonds is 14. The minimum atomic E-state index is -0.408. The lowest BCUT2D eigenvalue weighted by Gasteiger charge is -2.45. The molecule has 12 aliphatic carbocycles. The molecule has 24 bridgehead atoms. The van der Waals surface area contributed by atoms with Crippen LogP contribution in [0.25, 0.3) is 0 Å². The Kier molecular flexibility index (Phi) is 22.4. The second kappa shape index (κ2) is 30.7. The summed E-state index contributed by atoms with van der Waals surface area (Å²) in [4.78, 5) is 115. The Hall–Kier alpha value is -5.46. The lowest BCUT2D eigenvalue weighted by Crippen LogP contribution is -2.47. The Morgan fingerprint density at radius 3 is 1.14 bits per heavy atom. The van der Waals surface area contributed by atoms with Crippen molar-refractivity contribution in [1.82, 2.24) is 0 Å². The van der Waals surface area contributed by atoms with Crippen molar-refractivity contribution in [3.8, 4) is 0 Å². The van der Waals surface area contributed by atoms with Gasteiger partial charge in [-0.05, 0) is 209 Å². The zero-order valence-corrected chi connectivity index (χ0v) is 59.5. The topological polar surface area (TPSA) is 300 Å². The van der Waals surface area contributed by atoms with Gasteiger partial charge in [-0.3, -0.25) is 47.9 Å². The van der Waals surface area contributed by atoms with Crippen LogP contribution in [0.3, 0.4) is 0 Å². The highest BCUT2D eigenvalue weighted by atomic mass is 16.7. The first-order valence-corrected chi connectivity index (χ1v) is 38.4. The molecule has 12 saturated carbocycles. The molecule has 0 spiro atoms. The van der Waals surface area contributed by atoms with E-state index < -0.39 is 5.60 Å². The summed E-state index contributed by atoms with van der Waals surface area (Å²) in [5.41, 5.74) is -0.761. The lowest BCUT2D eigenvalue weighted by molar-refractivity contribution is -0.193. The molecule has 0 aromatic heterocycles. The van der Waals surface area contributed by atoms with E-state index in [-0.39, 0.29) is 175 Å². The molecule has 24 heteroatoms. The molecule has 24 nitrogen and oxygen atoms in total. The quantitative estimate of drug-likeness (QED) is 0.0887. The number of carbonyl (C=O) groups is 10. The van der Waals surface area contributed by atoms with E-state index >= 15 is 0 Å². The van der Waals surface area contributed by atoms with Gasteiger partial charge in [0.2, 0.25) is 0 Å². The minimum Gasteiger partial charge on any atom is -0.462 e. The largest absolute Gasteiger partial charge is 0.462 e. The summed E-state index contributed by atoms with van der Waals surface area (Å²) in [6, 6.07) is 0. The van der Waals surface area contributed by atoms with Crippen molar-refractivity contribution in [2.45, 2.75) is 299 Å². The SMILES string of the molecule is CC(=O)OC12CC3CC(C1)OC(=O)C(C3)C2.CC(=O)OC1C2CC3CC(C2)C(=O)OC1C3.CCC(=O)OCOC12CC3CC(C1)OC(=O)C(C3)C2.CCC(=O)OCOC1C2CC3CC(C2)C(=O)OC1C3.CCOC12CC3CC(C1)OC(=O)C(C3)C2.CCOC1C2CC3CC(C2)C(=O)OC1C3. The summed E-state index contributed by atoms with van der Waals surface area (Å²) < 4.78 is 77.0. The molecule has 27 unspecified atom stereocenters. The molecule has 27 atom stereocenters. The number of hydrogen-bond donors (Lipinski definition) is 0. The third-order valence-corrected chi connectivity index (χ3v) is 25.8. The van der Waals surface area contributed by atoms with Crippen LogP contribution in [0.1, 0.15) is 228 Å². The lowest BCUT2D eigenvalue weighted by atomic mass is 9.65. The maximum absolute atomic E-state index is 11.9. The smallest absolute Gasteiger partial charge is 0.309 e. The van der Waals surface area contributed by atoms with Crippen LogP contribution in [0.15, 0.2) is 0 Å². The molecular weight excluding hydrogens is 1300 g/mol. The molecule has 556 valence electrons. The van der Waals surface area contributed by atoms with Gasteiger partial charge < -0.3 is 66.3 Å². The van der Waals surface area contributed by atoms with Crippen LogP contribution < -0.4 is 0 Å². The number of ether oxygens (including phenoxy) is 14. The maximum atomic E-state index is 11.9. The van der Waals surface area contributed by atoms with Gasteiger partial charge in [0, 0.05) is 71.5 Å². The molecule has 12 heterocycles. The average molecular weight is 1410 g/mol. The third kappa shape index (κ3) is 16.5. The summed E-state index contributed by atoms with van der Waals surface area (Å²) in [6.07, 6.45) is 25.8. The predicted molar refractivity (Wildman–Crippen MR) is 347 cm³/mol. The Balaban J connectivity index is 0.000000108. The molecule has 0 amide bonds. The van der Waals surface area contributed by atoms with Crippen LogP contribution >= 0.6 is 0 Å². The van der Waals surface area contributed by atoms with E-state index in [9.17, 15) is 47.9 Å². The number of fused-ring (bicyclic) bond motifs is 6. The van der Waals surface area contributed by atoms with Crippen molar-refractivity contribution in [2.75, 3.05) is 26.8 Å². The van der Waals surface area contributed by atoms with Crippen molar-refractivity contribution in [2.24, 2.45) is 88.8 Å². The third-order valence-electron chi connectivity index (χ3n) is 25.8. The van der Waals surface area contributed by atoms with Gasteiger partial charge in [0.25, 0.3) is 0 Å².